The summed E-state index contributed by atoms with van der Waals surface area (Å²) >= 11 is 0. The van der Waals surface area contributed by atoms with Crippen molar-refractivity contribution in [2.75, 3.05) is 0 Å². The van der Waals surface area contributed by atoms with Crippen molar-refractivity contribution >= 4 is 43.6 Å². The third kappa shape index (κ3) is 4.45. The van der Waals surface area contributed by atoms with E-state index in [1.165, 1.54) is 0 Å². The van der Waals surface area contributed by atoms with Gasteiger partial charge in [-0.05, 0) is 41.4 Å². The number of hydrogen-bond donors (Lipinski definition) is 0. The van der Waals surface area contributed by atoms with E-state index in [-0.39, 0.29) is 40.9 Å². The molecule has 0 amide bonds. The summed E-state index contributed by atoms with van der Waals surface area (Å²) in [5, 5.41) is 3.04. The molecule has 0 aliphatic rings. The van der Waals surface area contributed by atoms with Crippen molar-refractivity contribution in [1.29, 1.82) is 0 Å². The zero-order valence-corrected chi connectivity index (χ0v) is 26.2. The highest BCUT2D eigenvalue weighted by Gasteiger charge is 2.23. The molecule has 0 saturated heterocycles. The minimum absolute atomic E-state index is 0.0367. The van der Waals surface area contributed by atoms with Crippen LogP contribution in [0.4, 0.5) is 0 Å². The normalized spacial score (nSPS) is 14.4. The van der Waals surface area contributed by atoms with Gasteiger partial charge >= 0.3 is 0 Å². The van der Waals surface area contributed by atoms with Crippen molar-refractivity contribution in [2.45, 2.75) is 0 Å². The number of benzene rings is 7. The Balaban J connectivity index is 1.39. The second kappa shape index (κ2) is 11.4. The maximum Gasteiger partial charge on any atom is 0.238 e. The van der Waals surface area contributed by atoms with Gasteiger partial charge in [-0.3, -0.25) is 4.57 Å². The van der Waals surface area contributed by atoms with E-state index in [1.54, 1.807) is 4.57 Å². The Labute approximate surface area is 302 Å². The van der Waals surface area contributed by atoms with E-state index in [0.717, 1.165) is 32.7 Å². The summed E-state index contributed by atoms with van der Waals surface area (Å²) in [5.74, 6) is 0.0775. The molecule has 0 aliphatic carbocycles. The number of fused-ring (bicyclic) bond motifs is 7. The fourth-order valence-corrected chi connectivity index (χ4v) is 6.83. The van der Waals surface area contributed by atoms with Crippen LogP contribution in [0.3, 0.4) is 0 Å². The molecule has 0 unspecified atom stereocenters. The molecule has 10 rings (SSSR count). The van der Waals surface area contributed by atoms with Crippen LogP contribution >= 0.6 is 0 Å². The molecule has 50 heavy (non-hydrogen) atoms. The smallest absolute Gasteiger partial charge is 0.238 e. The molecule has 7 aromatic carbocycles. The molecule has 5 nitrogen and oxygen atoms in total. The van der Waals surface area contributed by atoms with Crippen molar-refractivity contribution in [1.82, 2.24) is 24.1 Å². The highest BCUT2D eigenvalue weighted by Crippen LogP contribution is 2.41. The monoisotopic (exact) mass is 649 g/mol. The molecule has 0 N–H and O–H groups in total. The van der Waals surface area contributed by atoms with Gasteiger partial charge in [0.05, 0.1) is 35.8 Å². The van der Waals surface area contributed by atoms with Crippen LogP contribution in [-0.4, -0.2) is 24.1 Å². The average molecular weight is 650 g/mol. The van der Waals surface area contributed by atoms with Crippen LogP contribution in [0.25, 0.3) is 89.2 Å². The van der Waals surface area contributed by atoms with Crippen LogP contribution in [0.2, 0.25) is 0 Å². The molecular weight excluding hydrogens is 611 g/mol. The number of hydrogen-bond acceptors (Lipinski definition) is 3. The summed E-state index contributed by atoms with van der Waals surface area (Å²) in [6.07, 6.45) is 0. The molecule has 0 aliphatic heterocycles. The third-order valence-corrected chi connectivity index (χ3v) is 8.95. The minimum Gasteiger partial charge on any atom is -0.307 e. The number of nitrogens with zero attached hydrogens (tertiary/aromatic N) is 5. The van der Waals surface area contributed by atoms with Crippen molar-refractivity contribution in [3.8, 4) is 45.5 Å². The van der Waals surface area contributed by atoms with Gasteiger partial charge < -0.3 is 4.57 Å². The average Bonchev–Trinajstić information content (AvgIpc) is 3.80. The van der Waals surface area contributed by atoms with E-state index in [1.807, 2.05) is 120 Å². The summed E-state index contributed by atoms with van der Waals surface area (Å²) in [4.78, 5) is 14.8. The van der Waals surface area contributed by atoms with Crippen LogP contribution in [-0.2, 0) is 0 Å². The molecule has 3 aromatic heterocycles. The molecule has 0 radical (unpaired) electrons. The number of aromatic nitrogens is 5. The first-order valence-electron chi connectivity index (χ1n) is 21.0. The fraction of sp³-hybridized carbons (Fsp3) is 0. The Kier molecular flexibility index (Phi) is 4.52. The Hall–Kier alpha value is -6.85. The molecule has 0 atom stereocenters. The molecule has 3 heterocycles. The number of rotatable bonds is 5. The third-order valence-electron chi connectivity index (χ3n) is 8.95. The van der Waals surface area contributed by atoms with Gasteiger partial charge in [0.25, 0.3) is 0 Å². The zero-order valence-electron chi connectivity index (χ0n) is 36.2. The molecule has 10 aromatic rings. The summed E-state index contributed by atoms with van der Waals surface area (Å²) in [7, 11) is 0. The van der Waals surface area contributed by atoms with E-state index in [2.05, 4.69) is 0 Å². The molecule has 5 heteroatoms. The first-order valence-corrected chi connectivity index (χ1v) is 16.0. The van der Waals surface area contributed by atoms with E-state index >= 15 is 0 Å². The lowest BCUT2D eigenvalue weighted by Crippen LogP contribution is -2.07. The highest BCUT2D eigenvalue weighted by atomic mass is 15.2. The standard InChI is InChI=1S/C45H29N5/c1-4-15-30(16-5-1)32-19-14-20-33(29-32)44-46-43(31-17-6-2-7-18-31)47-45(48-44)50-40-26-13-11-24-36(40)38-28-27-37-35-23-10-12-25-39(35)49(41(37)42(38)50)34-21-8-3-9-22-34/h1-29H/i2D,3D,6D,7D,8D,9D,17D,18D,21D,22D. The largest absolute Gasteiger partial charge is 0.307 e. The topological polar surface area (TPSA) is 48.5 Å². The van der Waals surface area contributed by atoms with Gasteiger partial charge in [-0.15, -0.1) is 0 Å². The fourth-order valence-electron chi connectivity index (χ4n) is 6.83. The summed E-state index contributed by atoms with van der Waals surface area (Å²) in [5.41, 5.74) is 4.47. The summed E-state index contributed by atoms with van der Waals surface area (Å²) in [6.45, 7) is 0. The van der Waals surface area contributed by atoms with Crippen LogP contribution in [0.1, 0.15) is 13.7 Å². The molecule has 0 fully saturated rings. The highest BCUT2D eigenvalue weighted by molar-refractivity contribution is 6.23. The second-order valence-electron chi connectivity index (χ2n) is 11.8. The lowest BCUT2D eigenvalue weighted by molar-refractivity contribution is 0.953. The predicted octanol–water partition coefficient (Wildman–Crippen LogP) is 11.1. The zero-order chi connectivity index (χ0) is 41.7. The van der Waals surface area contributed by atoms with Gasteiger partial charge in [-0.2, -0.15) is 9.97 Å². The maximum atomic E-state index is 9.10. The van der Waals surface area contributed by atoms with Crippen molar-refractivity contribution < 1.29 is 13.7 Å². The van der Waals surface area contributed by atoms with Gasteiger partial charge in [0, 0.05) is 38.4 Å². The first kappa shape index (κ1) is 19.8. The van der Waals surface area contributed by atoms with Gasteiger partial charge in [0.15, 0.2) is 11.6 Å². The van der Waals surface area contributed by atoms with Crippen LogP contribution < -0.4 is 0 Å². The van der Waals surface area contributed by atoms with Crippen molar-refractivity contribution in [3.63, 3.8) is 0 Å². The Morgan fingerprint density at radius 2 is 0.940 bits per heavy atom. The SMILES string of the molecule is [2H]c1c([2H])c([2H])c(-c2nc(-c3cccc(-c4ccccc4)c3)nc(-n3c4ccccc4c4ccc5c6ccccc6n(-c6c([2H])c([2H])c([2H])c([2H])c6[2H])c5c43)n2)c([2H])c1[2H]. The van der Waals surface area contributed by atoms with Gasteiger partial charge in [0.1, 0.15) is 0 Å². The van der Waals surface area contributed by atoms with Gasteiger partial charge in [0.2, 0.25) is 5.95 Å². The Morgan fingerprint density at radius 1 is 0.400 bits per heavy atom. The number of para-hydroxylation sites is 3. The van der Waals surface area contributed by atoms with Gasteiger partial charge in [-0.1, -0.05) is 145 Å². The summed E-state index contributed by atoms with van der Waals surface area (Å²) < 4.78 is 90.4. The molecule has 234 valence electrons. The van der Waals surface area contributed by atoms with Crippen LogP contribution in [0, 0.1) is 0 Å². The van der Waals surface area contributed by atoms with Gasteiger partial charge in [-0.25, -0.2) is 4.98 Å². The predicted molar refractivity (Wildman–Crippen MR) is 205 cm³/mol. The molecule has 0 saturated carbocycles. The lowest BCUT2D eigenvalue weighted by Gasteiger charge is -2.13. The van der Waals surface area contributed by atoms with Crippen LogP contribution in [0.15, 0.2) is 176 Å². The summed E-state index contributed by atoms with van der Waals surface area (Å²) in [6, 6.07) is 31.5. The van der Waals surface area contributed by atoms with Crippen LogP contribution in [0.5, 0.6) is 0 Å². The quantitative estimate of drug-likeness (QED) is 0.186. The molecular formula is C45H29N5. The second-order valence-corrected chi connectivity index (χ2v) is 11.8. The maximum absolute atomic E-state index is 9.10. The Morgan fingerprint density at radius 3 is 1.64 bits per heavy atom. The van der Waals surface area contributed by atoms with E-state index in [0.29, 0.717) is 27.6 Å². The van der Waals surface area contributed by atoms with Crippen molar-refractivity contribution in [3.05, 3.63) is 176 Å². The van der Waals surface area contributed by atoms with E-state index in [9.17, 15) is 0 Å². The Bertz CT molecular complexity index is 3400. The van der Waals surface area contributed by atoms with E-state index in [4.69, 9.17) is 28.7 Å². The molecule has 0 bridgehead atoms. The minimum atomic E-state index is -0.552. The first-order chi connectivity index (χ1) is 29.0. The van der Waals surface area contributed by atoms with E-state index < -0.39 is 48.3 Å². The lowest BCUT2D eigenvalue weighted by atomic mass is 10.0. The molecule has 0 spiro atoms. The van der Waals surface area contributed by atoms with Crippen molar-refractivity contribution in [2.24, 2.45) is 0 Å².